The monoisotopic (exact) mass is 296 g/mol. The van der Waals surface area contributed by atoms with Gasteiger partial charge in [-0.1, -0.05) is 37.3 Å². The van der Waals surface area contributed by atoms with E-state index in [0.717, 1.165) is 28.9 Å². The summed E-state index contributed by atoms with van der Waals surface area (Å²) in [7, 11) is 0. The van der Waals surface area contributed by atoms with Crippen molar-refractivity contribution in [2.45, 2.75) is 26.7 Å². The Bertz CT molecular complexity index is 680. The van der Waals surface area contributed by atoms with Crippen LogP contribution in [-0.2, 0) is 9.59 Å². The van der Waals surface area contributed by atoms with Crippen molar-refractivity contribution < 1.29 is 9.59 Å². The van der Waals surface area contributed by atoms with Gasteiger partial charge in [-0.3, -0.25) is 9.59 Å². The molecule has 0 saturated heterocycles. The predicted molar refractivity (Wildman–Crippen MR) is 89.7 cm³/mol. The van der Waals surface area contributed by atoms with E-state index in [1.807, 2.05) is 55.5 Å². The maximum Gasteiger partial charge on any atom is 0.224 e. The number of para-hydroxylation sites is 1. The van der Waals surface area contributed by atoms with Crippen LogP contribution in [0.15, 0.2) is 48.5 Å². The minimum Gasteiger partial charge on any atom is -0.326 e. The van der Waals surface area contributed by atoms with Gasteiger partial charge in [-0.05, 0) is 30.2 Å². The molecule has 2 amide bonds. The normalized spacial score (nSPS) is 10.1. The fraction of sp³-hybridized carbons (Fsp3) is 0.222. The molecule has 0 aliphatic rings. The first-order valence-corrected chi connectivity index (χ1v) is 7.37. The Labute approximate surface area is 130 Å². The minimum atomic E-state index is -0.110. The van der Waals surface area contributed by atoms with E-state index in [-0.39, 0.29) is 11.8 Å². The van der Waals surface area contributed by atoms with Crippen LogP contribution in [0.25, 0.3) is 11.1 Å². The summed E-state index contributed by atoms with van der Waals surface area (Å²) in [4.78, 5) is 23.0. The van der Waals surface area contributed by atoms with Crippen LogP contribution in [0, 0.1) is 0 Å². The molecule has 4 heteroatoms. The third-order valence-electron chi connectivity index (χ3n) is 3.17. The molecule has 114 valence electrons. The molecule has 0 bridgehead atoms. The van der Waals surface area contributed by atoms with Crippen molar-refractivity contribution in [2.24, 2.45) is 0 Å². The molecule has 22 heavy (non-hydrogen) atoms. The van der Waals surface area contributed by atoms with Crippen LogP contribution in [0.4, 0.5) is 11.4 Å². The van der Waals surface area contributed by atoms with Crippen LogP contribution in [0.1, 0.15) is 26.7 Å². The number of rotatable bonds is 5. The highest BCUT2D eigenvalue weighted by molar-refractivity contribution is 5.96. The maximum atomic E-state index is 11.8. The zero-order valence-corrected chi connectivity index (χ0v) is 12.8. The Morgan fingerprint density at radius 3 is 2.50 bits per heavy atom. The van der Waals surface area contributed by atoms with Crippen molar-refractivity contribution in [3.05, 3.63) is 48.5 Å². The third-order valence-corrected chi connectivity index (χ3v) is 3.17. The molecule has 0 aliphatic heterocycles. The van der Waals surface area contributed by atoms with Gasteiger partial charge in [0, 0.05) is 30.3 Å². The molecular formula is C18H20N2O2. The number of hydrogen-bond donors (Lipinski definition) is 2. The lowest BCUT2D eigenvalue weighted by Gasteiger charge is -2.12. The van der Waals surface area contributed by atoms with Crippen LogP contribution < -0.4 is 10.6 Å². The molecule has 2 aromatic rings. The average molecular weight is 296 g/mol. The van der Waals surface area contributed by atoms with E-state index in [2.05, 4.69) is 10.6 Å². The highest BCUT2D eigenvalue weighted by Crippen LogP contribution is 2.29. The van der Waals surface area contributed by atoms with Crippen molar-refractivity contribution in [2.75, 3.05) is 10.6 Å². The Hall–Kier alpha value is -2.62. The van der Waals surface area contributed by atoms with Crippen molar-refractivity contribution in [3.63, 3.8) is 0 Å². The summed E-state index contributed by atoms with van der Waals surface area (Å²) < 4.78 is 0. The largest absolute Gasteiger partial charge is 0.326 e. The number of nitrogens with one attached hydrogen (secondary N) is 2. The first kappa shape index (κ1) is 15.8. The zero-order chi connectivity index (χ0) is 15.9. The molecule has 0 aromatic heterocycles. The second kappa shape index (κ2) is 7.41. The van der Waals surface area contributed by atoms with Crippen LogP contribution in [0.5, 0.6) is 0 Å². The van der Waals surface area contributed by atoms with Gasteiger partial charge < -0.3 is 10.6 Å². The number of hydrogen-bond acceptors (Lipinski definition) is 2. The number of anilines is 2. The summed E-state index contributed by atoms with van der Waals surface area (Å²) in [6.07, 6.45) is 1.31. The smallest absolute Gasteiger partial charge is 0.224 e. The van der Waals surface area contributed by atoms with Crippen LogP contribution in [0.2, 0.25) is 0 Å². The molecule has 0 spiro atoms. The summed E-state index contributed by atoms with van der Waals surface area (Å²) in [6, 6.07) is 15.2. The minimum absolute atomic E-state index is 0.00738. The molecule has 0 radical (unpaired) electrons. The molecule has 2 N–H and O–H groups in total. The van der Waals surface area contributed by atoms with Gasteiger partial charge in [0.1, 0.15) is 0 Å². The second-order valence-corrected chi connectivity index (χ2v) is 5.11. The van der Waals surface area contributed by atoms with Crippen LogP contribution in [0.3, 0.4) is 0 Å². The lowest BCUT2D eigenvalue weighted by Crippen LogP contribution is -2.11. The van der Waals surface area contributed by atoms with Crippen molar-refractivity contribution in [1.82, 2.24) is 0 Å². The van der Waals surface area contributed by atoms with Gasteiger partial charge in [0.25, 0.3) is 0 Å². The molecule has 2 rings (SSSR count). The van der Waals surface area contributed by atoms with Gasteiger partial charge in [0.15, 0.2) is 0 Å². The Balaban J connectivity index is 2.32. The maximum absolute atomic E-state index is 11.8. The molecule has 0 aliphatic carbocycles. The zero-order valence-electron chi connectivity index (χ0n) is 12.8. The number of carbonyl (C=O) groups excluding carboxylic acids is 2. The average Bonchev–Trinajstić information content (AvgIpc) is 2.47. The number of amides is 2. The number of benzene rings is 2. The van der Waals surface area contributed by atoms with Crippen molar-refractivity contribution in [3.8, 4) is 11.1 Å². The lowest BCUT2D eigenvalue weighted by molar-refractivity contribution is -0.116. The van der Waals surface area contributed by atoms with Crippen molar-refractivity contribution >= 4 is 23.2 Å². The van der Waals surface area contributed by atoms with E-state index >= 15 is 0 Å². The topological polar surface area (TPSA) is 58.2 Å². The van der Waals surface area contributed by atoms with Crippen LogP contribution >= 0.6 is 0 Å². The first-order chi connectivity index (χ1) is 10.6. The van der Waals surface area contributed by atoms with Gasteiger partial charge in [0.2, 0.25) is 11.8 Å². The van der Waals surface area contributed by atoms with E-state index in [9.17, 15) is 9.59 Å². The predicted octanol–water partition coefficient (Wildman–Crippen LogP) is 4.05. The SMILES string of the molecule is CCCC(=O)Nc1ccccc1-c1cccc(NC(C)=O)c1. The summed E-state index contributed by atoms with van der Waals surface area (Å²) in [5.41, 5.74) is 3.39. The molecule has 0 saturated carbocycles. The highest BCUT2D eigenvalue weighted by Gasteiger charge is 2.08. The highest BCUT2D eigenvalue weighted by atomic mass is 16.2. The quantitative estimate of drug-likeness (QED) is 0.874. The molecular weight excluding hydrogens is 276 g/mol. The van der Waals surface area contributed by atoms with Gasteiger partial charge in [-0.25, -0.2) is 0 Å². The third kappa shape index (κ3) is 4.19. The Kier molecular flexibility index (Phi) is 5.31. The molecule has 0 heterocycles. The lowest BCUT2D eigenvalue weighted by atomic mass is 10.0. The van der Waals surface area contributed by atoms with E-state index in [1.54, 1.807) is 0 Å². The second-order valence-electron chi connectivity index (χ2n) is 5.11. The van der Waals surface area contributed by atoms with Gasteiger partial charge in [-0.15, -0.1) is 0 Å². The van der Waals surface area contributed by atoms with E-state index in [4.69, 9.17) is 0 Å². The molecule has 2 aromatic carbocycles. The van der Waals surface area contributed by atoms with E-state index in [0.29, 0.717) is 6.42 Å². The van der Waals surface area contributed by atoms with E-state index in [1.165, 1.54) is 6.92 Å². The van der Waals surface area contributed by atoms with Crippen molar-refractivity contribution in [1.29, 1.82) is 0 Å². The summed E-state index contributed by atoms with van der Waals surface area (Å²) >= 11 is 0. The number of carbonyl (C=O) groups is 2. The Morgan fingerprint density at radius 1 is 1.00 bits per heavy atom. The Morgan fingerprint density at radius 2 is 1.77 bits per heavy atom. The summed E-state index contributed by atoms with van der Waals surface area (Å²) in [5, 5.41) is 5.71. The molecule has 0 atom stereocenters. The fourth-order valence-electron chi connectivity index (χ4n) is 2.25. The van der Waals surface area contributed by atoms with Gasteiger partial charge in [0.05, 0.1) is 0 Å². The summed E-state index contributed by atoms with van der Waals surface area (Å²) in [6.45, 7) is 3.45. The standard InChI is InChI=1S/C18H20N2O2/c1-3-7-18(22)20-17-11-5-4-10-16(17)14-8-6-9-15(12-14)19-13(2)21/h4-6,8-12H,3,7H2,1-2H3,(H,19,21)(H,20,22). The summed E-state index contributed by atoms with van der Waals surface area (Å²) in [5.74, 6) is -0.102. The van der Waals surface area contributed by atoms with E-state index < -0.39 is 0 Å². The van der Waals surface area contributed by atoms with Crippen LogP contribution in [-0.4, -0.2) is 11.8 Å². The molecule has 0 unspecified atom stereocenters. The fourth-order valence-corrected chi connectivity index (χ4v) is 2.25. The van der Waals surface area contributed by atoms with Gasteiger partial charge >= 0.3 is 0 Å². The molecule has 0 fully saturated rings. The van der Waals surface area contributed by atoms with Gasteiger partial charge in [-0.2, -0.15) is 0 Å². The first-order valence-electron chi connectivity index (χ1n) is 7.37. The molecule has 4 nitrogen and oxygen atoms in total.